The van der Waals surface area contributed by atoms with E-state index in [-0.39, 0.29) is 29.9 Å². The van der Waals surface area contributed by atoms with Crippen LogP contribution in [-0.2, 0) is 13.1 Å². The number of aliphatic imine (C=N–C) groups is 1. The molecule has 0 saturated carbocycles. The lowest BCUT2D eigenvalue weighted by Gasteiger charge is -2.36. The maximum absolute atomic E-state index is 12.4. The number of rotatable bonds is 5. The highest BCUT2D eigenvalue weighted by Gasteiger charge is 2.25. The number of hydrogen-bond donors (Lipinski definition) is 1. The van der Waals surface area contributed by atoms with Gasteiger partial charge in [0.15, 0.2) is 11.7 Å². The second kappa shape index (κ2) is 10.9. The molecule has 1 aliphatic rings. The minimum atomic E-state index is -0.0632. The normalized spacial score (nSPS) is 14.3. The lowest BCUT2D eigenvalue weighted by atomic mass is 10.1. The van der Waals surface area contributed by atoms with Crippen LogP contribution in [0.15, 0.2) is 64.7 Å². The van der Waals surface area contributed by atoms with E-state index in [1.54, 1.807) is 30.2 Å². The summed E-state index contributed by atoms with van der Waals surface area (Å²) in [6.07, 6.45) is 4.77. The van der Waals surface area contributed by atoms with Crippen molar-refractivity contribution in [1.29, 1.82) is 0 Å². The van der Waals surface area contributed by atoms with E-state index in [1.165, 1.54) is 23.7 Å². The van der Waals surface area contributed by atoms with Gasteiger partial charge in [0.25, 0.3) is 5.91 Å². The van der Waals surface area contributed by atoms with Crippen LogP contribution < -0.4 is 5.32 Å². The van der Waals surface area contributed by atoms with Gasteiger partial charge in [0.1, 0.15) is 12.7 Å². The number of furan rings is 1. The van der Waals surface area contributed by atoms with Crippen molar-refractivity contribution in [3.05, 3.63) is 72.2 Å². The third-order valence-electron chi connectivity index (χ3n) is 5.06. The van der Waals surface area contributed by atoms with Gasteiger partial charge < -0.3 is 19.5 Å². The van der Waals surface area contributed by atoms with Gasteiger partial charge in [0, 0.05) is 39.8 Å². The molecule has 0 atom stereocenters. The molecule has 0 aliphatic carbocycles. The number of piperazine rings is 1. The monoisotopic (exact) mass is 535 g/mol. The molecule has 31 heavy (non-hydrogen) atoms. The highest BCUT2D eigenvalue weighted by Crippen LogP contribution is 2.10. The van der Waals surface area contributed by atoms with Crippen LogP contribution >= 0.6 is 24.0 Å². The van der Waals surface area contributed by atoms with Crippen molar-refractivity contribution < 1.29 is 9.21 Å². The van der Waals surface area contributed by atoms with E-state index in [1.807, 2.05) is 11.0 Å². The third-order valence-corrected chi connectivity index (χ3v) is 5.06. The van der Waals surface area contributed by atoms with Gasteiger partial charge in [-0.15, -0.1) is 24.0 Å². The number of nitrogens with one attached hydrogen (secondary N) is 1. The Hall–Kier alpha value is -2.89. The summed E-state index contributed by atoms with van der Waals surface area (Å²) in [6, 6.07) is 11.8. The number of benzene rings is 1. The van der Waals surface area contributed by atoms with Gasteiger partial charge in [0.05, 0.1) is 12.8 Å². The predicted octanol–water partition coefficient (Wildman–Crippen LogP) is 2.07. The molecule has 1 amide bonds. The van der Waals surface area contributed by atoms with Crippen LogP contribution in [0.5, 0.6) is 0 Å². The fourth-order valence-electron chi connectivity index (χ4n) is 3.53. The van der Waals surface area contributed by atoms with E-state index in [4.69, 9.17) is 4.42 Å². The van der Waals surface area contributed by atoms with Gasteiger partial charge >= 0.3 is 0 Å². The van der Waals surface area contributed by atoms with Crippen LogP contribution in [0.4, 0.5) is 0 Å². The Morgan fingerprint density at radius 1 is 1.13 bits per heavy atom. The number of nitrogens with zero attached hydrogens (tertiary/aromatic N) is 6. The Balaban J connectivity index is 0.00000272. The van der Waals surface area contributed by atoms with Crippen molar-refractivity contribution in [2.24, 2.45) is 4.99 Å². The maximum atomic E-state index is 12.4. The molecule has 0 bridgehead atoms. The van der Waals surface area contributed by atoms with E-state index >= 15 is 0 Å². The first kappa shape index (κ1) is 22.8. The number of carbonyl (C=O) groups excluding carboxylic acids is 1. The molecule has 0 radical (unpaired) electrons. The number of hydrogen-bond acceptors (Lipinski definition) is 5. The lowest BCUT2D eigenvalue weighted by molar-refractivity contribution is 0.0657. The van der Waals surface area contributed by atoms with Crippen molar-refractivity contribution >= 4 is 35.8 Å². The van der Waals surface area contributed by atoms with Gasteiger partial charge in [0.2, 0.25) is 0 Å². The van der Waals surface area contributed by atoms with Crippen LogP contribution in [-0.4, -0.2) is 69.7 Å². The van der Waals surface area contributed by atoms with Gasteiger partial charge in [-0.2, -0.15) is 5.10 Å². The standard InChI is InChI=1S/C21H25N7O2.HI/c1-22-21(27-9-7-26(8-10-27)20(29)19-6-3-11-30-19)24-13-17-4-2-5-18(12-17)14-28-16-23-15-25-28;/h2-6,11-12,15-16H,7-10,13-14H2,1H3,(H,22,24);1H. The molecule has 1 saturated heterocycles. The highest BCUT2D eigenvalue weighted by atomic mass is 127. The lowest BCUT2D eigenvalue weighted by Crippen LogP contribution is -2.53. The summed E-state index contributed by atoms with van der Waals surface area (Å²) >= 11 is 0. The largest absolute Gasteiger partial charge is 0.459 e. The van der Waals surface area contributed by atoms with Crippen molar-refractivity contribution in [2.75, 3.05) is 33.2 Å². The van der Waals surface area contributed by atoms with Crippen LogP contribution in [0.3, 0.4) is 0 Å². The molecule has 1 fully saturated rings. The molecule has 1 aliphatic heterocycles. The highest BCUT2D eigenvalue weighted by molar-refractivity contribution is 14.0. The Morgan fingerprint density at radius 2 is 1.90 bits per heavy atom. The Kier molecular flexibility index (Phi) is 8.04. The molecule has 0 unspecified atom stereocenters. The van der Waals surface area contributed by atoms with Crippen LogP contribution in [0, 0.1) is 0 Å². The Morgan fingerprint density at radius 3 is 2.58 bits per heavy atom. The van der Waals surface area contributed by atoms with E-state index in [2.05, 4.69) is 43.5 Å². The summed E-state index contributed by atoms with van der Waals surface area (Å²) in [6.45, 7) is 4.07. The van der Waals surface area contributed by atoms with Crippen molar-refractivity contribution in [2.45, 2.75) is 13.1 Å². The number of halogens is 1. The molecule has 1 N–H and O–H groups in total. The fraction of sp³-hybridized carbons (Fsp3) is 0.333. The quantitative estimate of drug-likeness (QED) is 0.306. The molecular formula is C21H26IN7O2. The smallest absolute Gasteiger partial charge is 0.289 e. The summed E-state index contributed by atoms with van der Waals surface area (Å²) in [5.74, 6) is 1.16. The average Bonchev–Trinajstić information content (AvgIpc) is 3.49. The number of carbonyl (C=O) groups is 1. The minimum absolute atomic E-state index is 0. The summed E-state index contributed by atoms with van der Waals surface area (Å²) in [4.78, 5) is 24.8. The number of aromatic nitrogens is 3. The Bertz CT molecular complexity index is 981. The topological polar surface area (TPSA) is 91.8 Å². The molecule has 10 heteroatoms. The first-order chi connectivity index (χ1) is 14.7. The fourth-order valence-corrected chi connectivity index (χ4v) is 3.53. The van der Waals surface area contributed by atoms with Gasteiger partial charge in [-0.25, -0.2) is 9.67 Å². The van der Waals surface area contributed by atoms with Gasteiger partial charge in [-0.3, -0.25) is 9.79 Å². The van der Waals surface area contributed by atoms with E-state index in [9.17, 15) is 4.79 Å². The molecule has 0 spiro atoms. The third kappa shape index (κ3) is 5.84. The minimum Gasteiger partial charge on any atom is -0.459 e. The van der Waals surface area contributed by atoms with Crippen LogP contribution in [0.25, 0.3) is 0 Å². The van der Waals surface area contributed by atoms with Crippen molar-refractivity contribution in [1.82, 2.24) is 29.9 Å². The molecule has 3 aromatic rings. The van der Waals surface area contributed by atoms with Crippen molar-refractivity contribution in [3.8, 4) is 0 Å². The number of guanidine groups is 1. The van der Waals surface area contributed by atoms with Crippen molar-refractivity contribution in [3.63, 3.8) is 0 Å². The maximum Gasteiger partial charge on any atom is 0.289 e. The molecule has 3 heterocycles. The zero-order valence-corrected chi connectivity index (χ0v) is 19.7. The second-order valence-corrected chi connectivity index (χ2v) is 7.07. The van der Waals surface area contributed by atoms with Crippen LogP contribution in [0.1, 0.15) is 21.7 Å². The zero-order chi connectivity index (χ0) is 20.8. The summed E-state index contributed by atoms with van der Waals surface area (Å²) in [7, 11) is 1.78. The summed E-state index contributed by atoms with van der Waals surface area (Å²) in [5, 5.41) is 7.59. The average molecular weight is 535 g/mol. The van der Waals surface area contributed by atoms with E-state index < -0.39 is 0 Å². The number of amides is 1. The van der Waals surface area contributed by atoms with Crippen LogP contribution in [0.2, 0.25) is 0 Å². The zero-order valence-electron chi connectivity index (χ0n) is 17.3. The van der Waals surface area contributed by atoms with Gasteiger partial charge in [-0.05, 0) is 23.3 Å². The second-order valence-electron chi connectivity index (χ2n) is 7.07. The molecule has 9 nitrogen and oxygen atoms in total. The molecule has 1 aromatic carbocycles. The summed E-state index contributed by atoms with van der Waals surface area (Å²) < 4.78 is 7.02. The van der Waals surface area contributed by atoms with E-state index in [0.717, 1.165) is 19.0 Å². The van der Waals surface area contributed by atoms with E-state index in [0.29, 0.717) is 31.9 Å². The molecule has 2 aromatic heterocycles. The molecular weight excluding hydrogens is 509 g/mol. The molecule has 4 rings (SSSR count). The first-order valence-electron chi connectivity index (χ1n) is 9.91. The van der Waals surface area contributed by atoms with Gasteiger partial charge in [-0.1, -0.05) is 24.3 Å². The summed E-state index contributed by atoms with van der Waals surface area (Å²) in [5.41, 5.74) is 2.33. The Labute approximate surface area is 198 Å². The molecule has 164 valence electrons. The first-order valence-corrected chi connectivity index (χ1v) is 9.91. The SMILES string of the molecule is CN=C(NCc1cccc(Cn2cncn2)c1)N1CCN(C(=O)c2ccco2)CC1.I. The predicted molar refractivity (Wildman–Crippen MR) is 127 cm³/mol.